The Morgan fingerprint density at radius 1 is 1.26 bits per heavy atom. The summed E-state index contributed by atoms with van der Waals surface area (Å²) < 4.78 is 27.3. The van der Waals surface area contributed by atoms with Gasteiger partial charge in [-0.15, -0.1) is 0 Å². The molecular weight excluding hydrogens is 312 g/mol. The van der Waals surface area contributed by atoms with E-state index in [0.29, 0.717) is 24.1 Å². The van der Waals surface area contributed by atoms with Crippen LogP contribution in [0.3, 0.4) is 0 Å². The average Bonchev–Trinajstić information content (AvgIpc) is 3.37. The zero-order valence-electron chi connectivity index (χ0n) is 13.7. The summed E-state index contributed by atoms with van der Waals surface area (Å²) in [5, 5.41) is 0. The van der Waals surface area contributed by atoms with Crippen molar-refractivity contribution in [3.05, 3.63) is 29.8 Å². The Morgan fingerprint density at radius 3 is 2.52 bits per heavy atom. The van der Waals surface area contributed by atoms with Gasteiger partial charge in [0.05, 0.1) is 4.90 Å². The van der Waals surface area contributed by atoms with Crippen molar-refractivity contribution in [2.24, 2.45) is 5.92 Å². The van der Waals surface area contributed by atoms with Gasteiger partial charge in [-0.2, -0.15) is 0 Å². The van der Waals surface area contributed by atoms with Gasteiger partial charge in [-0.05, 0) is 49.8 Å². The number of nitrogens with one attached hydrogen (secondary N) is 1. The van der Waals surface area contributed by atoms with Crippen molar-refractivity contribution in [1.29, 1.82) is 0 Å². The molecule has 1 aromatic carbocycles. The summed E-state index contributed by atoms with van der Waals surface area (Å²) in [5.41, 5.74) is 0.455. The van der Waals surface area contributed by atoms with Crippen molar-refractivity contribution in [1.82, 2.24) is 9.62 Å². The molecular formula is C17H24N2O3S. The minimum absolute atomic E-state index is 0.0586. The van der Waals surface area contributed by atoms with Gasteiger partial charge in [0.15, 0.2) is 0 Å². The second-order valence-corrected chi connectivity index (χ2v) is 8.72. The van der Waals surface area contributed by atoms with Gasteiger partial charge in [0.25, 0.3) is 5.91 Å². The highest BCUT2D eigenvalue weighted by molar-refractivity contribution is 7.89. The third-order valence-electron chi connectivity index (χ3n) is 4.10. The Bertz CT molecular complexity index is 692. The van der Waals surface area contributed by atoms with Crippen LogP contribution < -0.4 is 4.72 Å². The maximum Gasteiger partial charge on any atom is 0.254 e. The van der Waals surface area contributed by atoms with Crippen LogP contribution in [0.15, 0.2) is 29.2 Å². The first-order valence-corrected chi connectivity index (χ1v) is 9.78. The Hall–Kier alpha value is -1.40. The van der Waals surface area contributed by atoms with Crippen molar-refractivity contribution < 1.29 is 13.2 Å². The van der Waals surface area contributed by atoms with E-state index in [4.69, 9.17) is 0 Å². The predicted octanol–water partition coefficient (Wildman–Crippen LogP) is 2.39. The molecule has 1 aromatic rings. The highest BCUT2D eigenvalue weighted by Crippen LogP contribution is 2.29. The highest BCUT2D eigenvalue weighted by atomic mass is 32.2. The maximum absolute atomic E-state index is 12.8. The second kappa shape index (κ2) is 6.24. The molecule has 2 aliphatic carbocycles. The van der Waals surface area contributed by atoms with Crippen LogP contribution >= 0.6 is 0 Å². The van der Waals surface area contributed by atoms with Crippen LogP contribution in [0.1, 0.15) is 49.9 Å². The van der Waals surface area contributed by atoms with Gasteiger partial charge in [0, 0.05) is 24.2 Å². The third-order valence-corrected chi connectivity index (χ3v) is 5.62. The number of carbonyl (C=O) groups is 1. The van der Waals surface area contributed by atoms with E-state index < -0.39 is 10.0 Å². The van der Waals surface area contributed by atoms with Gasteiger partial charge >= 0.3 is 0 Å². The Kier molecular flexibility index (Phi) is 4.47. The Labute approximate surface area is 138 Å². The Balaban J connectivity index is 1.81. The molecule has 0 aliphatic heterocycles. The fourth-order valence-electron chi connectivity index (χ4n) is 2.63. The van der Waals surface area contributed by atoms with Crippen LogP contribution in [0.5, 0.6) is 0 Å². The summed E-state index contributed by atoms with van der Waals surface area (Å²) >= 11 is 0. The lowest BCUT2D eigenvalue weighted by molar-refractivity contribution is 0.0722. The molecule has 0 spiro atoms. The number of carbonyl (C=O) groups excluding carboxylic acids is 1. The van der Waals surface area contributed by atoms with Crippen molar-refractivity contribution in [2.75, 3.05) is 6.54 Å². The van der Waals surface area contributed by atoms with E-state index in [-0.39, 0.29) is 16.8 Å². The molecule has 6 heteroatoms. The SMILES string of the molecule is CC(C)CN(C(=O)c1cccc(S(=O)(=O)NC2CC2)c1)C1CC1. The van der Waals surface area contributed by atoms with E-state index >= 15 is 0 Å². The average molecular weight is 336 g/mol. The summed E-state index contributed by atoms with van der Waals surface area (Å²) in [4.78, 5) is 14.9. The van der Waals surface area contributed by atoms with E-state index in [1.54, 1.807) is 18.2 Å². The zero-order valence-corrected chi connectivity index (χ0v) is 14.5. The van der Waals surface area contributed by atoms with Crippen LogP contribution in [-0.4, -0.2) is 37.9 Å². The van der Waals surface area contributed by atoms with Crippen LogP contribution in [-0.2, 0) is 10.0 Å². The summed E-state index contributed by atoms with van der Waals surface area (Å²) in [5.74, 6) is 0.327. The fraction of sp³-hybridized carbons (Fsp3) is 0.588. The molecule has 0 saturated heterocycles. The van der Waals surface area contributed by atoms with Crippen molar-refractivity contribution >= 4 is 15.9 Å². The summed E-state index contributed by atoms with van der Waals surface area (Å²) in [6, 6.07) is 6.77. The standard InChI is InChI=1S/C17H24N2O3S/c1-12(2)11-19(15-8-9-15)17(20)13-4-3-5-16(10-13)23(21,22)18-14-6-7-14/h3-5,10,12,14-15,18H,6-9,11H2,1-2H3. The van der Waals surface area contributed by atoms with Crippen molar-refractivity contribution in [3.63, 3.8) is 0 Å². The zero-order chi connectivity index (χ0) is 16.6. The minimum Gasteiger partial charge on any atom is -0.335 e. The van der Waals surface area contributed by atoms with Crippen LogP contribution in [0, 0.1) is 5.92 Å². The number of rotatable bonds is 7. The topological polar surface area (TPSA) is 66.5 Å². The van der Waals surface area contributed by atoms with E-state index in [1.807, 2.05) is 4.90 Å². The minimum atomic E-state index is -3.53. The molecule has 0 atom stereocenters. The van der Waals surface area contributed by atoms with Gasteiger partial charge in [0.2, 0.25) is 10.0 Å². The normalized spacial score (nSPS) is 18.2. The lowest BCUT2D eigenvalue weighted by Crippen LogP contribution is -2.36. The molecule has 23 heavy (non-hydrogen) atoms. The molecule has 0 bridgehead atoms. The van der Waals surface area contributed by atoms with Gasteiger partial charge in [-0.1, -0.05) is 19.9 Å². The van der Waals surface area contributed by atoms with Crippen LogP contribution in [0.25, 0.3) is 0 Å². The third kappa shape index (κ3) is 4.12. The Morgan fingerprint density at radius 2 is 1.96 bits per heavy atom. The maximum atomic E-state index is 12.8. The quantitative estimate of drug-likeness (QED) is 0.831. The molecule has 1 amide bonds. The molecule has 126 valence electrons. The number of benzene rings is 1. The number of sulfonamides is 1. The number of hydrogen-bond donors (Lipinski definition) is 1. The molecule has 0 aromatic heterocycles. The highest BCUT2D eigenvalue weighted by Gasteiger charge is 2.34. The fourth-order valence-corrected chi connectivity index (χ4v) is 3.98. The molecule has 3 rings (SSSR count). The smallest absolute Gasteiger partial charge is 0.254 e. The van der Waals surface area contributed by atoms with E-state index in [2.05, 4.69) is 18.6 Å². The largest absolute Gasteiger partial charge is 0.335 e. The van der Waals surface area contributed by atoms with Gasteiger partial charge in [0.1, 0.15) is 0 Å². The van der Waals surface area contributed by atoms with Gasteiger partial charge in [-0.25, -0.2) is 13.1 Å². The van der Waals surface area contributed by atoms with Crippen LogP contribution in [0.4, 0.5) is 0 Å². The first-order valence-electron chi connectivity index (χ1n) is 8.30. The van der Waals surface area contributed by atoms with E-state index in [1.165, 1.54) is 6.07 Å². The number of amides is 1. The summed E-state index contributed by atoms with van der Waals surface area (Å²) in [6.07, 6.45) is 3.86. The molecule has 2 fully saturated rings. The molecule has 0 heterocycles. The van der Waals surface area contributed by atoms with Crippen LogP contribution in [0.2, 0.25) is 0 Å². The van der Waals surface area contributed by atoms with Gasteiger partial charge < -0.3 is 4.90 Å². The molecule has 0 radical (unpaired) electrons. The number of nitrogens with zero attached hydrogens (tertiary/aromatic N) is 1. The van der Waals surface area contributed by atoms with E-state index in [9.17, 15) is 13.2 Å². The molecule has 5 nitrogen and oxygen atoms in total. The molecule has 0 unspecified atom stereocenters. The summed E-state index contributed by atoms with van der Waals surface area (Å²) in [7, 11) is -3.53. The van der Waals surface area contributed by atoms with Gasteiger partial charge in [-0.3, -0.25) is 4.79 Å². The monoisotopic (exact) mass is 336 g/mol. The van der Waals surface area contributed by atoms with Crippen molar-refractivity contribution in [2.45, 2.75) is 56.5 Å². The number of hydrogen-bond acceptors (Lipinski definition) is 3. The predicted molar refractivity (Wildman–Crippen MR) is 88.7 cm³/mol. The summed E-state index contributed by atoms with van der Waals surface area (Å²) in [6.45, 7) is 4.88. The first kappa shape index (κ1) is 16.5. The molecule has 2 saturated carbocycles. The molecule has 2 aliphatic rings. The second-order valence-electron chi connectivity index (χ2n) is 7.01. The van der Waals surface area contributed by atoms with Crippen molar-refractivity contribution in [3.8, 4) is 0 Å². The lowest BCUT2D eigenvalue weighted by atomic mass is 10.1. The molecule has 1 N–H and O–H groups in total. The van der Waals surface area contributed by atoms with E-state index in [0.717, 1.165) is 25.7 Å². The first-order chi connectivity index (χ1) is 10.9. The lowest BCUT2D eigenvalue weighted by Gasteiger charge is -2.24.